The van der Waals surface area contributed by atoms with Crippen molar-refractivity contribution in [1.82, 2.24) is 9.88 Å². The van der Waals surface area contributed by atoms with Crippen LogP contribution in [0.1, 0.15) is 11.6 Å². The molecule has 0 bridgehead atoms. The average Bonchev–Trinajstić information content (AvgIpc) is 2.46. The molecule has 2 aromatic rings. The summed E-state index contributed by atoms with van der Waals surface area (Å²) in [5.74, 6) is 0.845. The fourth-order valence-corrected chi connectivity index (χ4v) is 2.00. The van der Waals surface area contributed by atoms with Crippen LogP contribution in [-0.2, 0) is 6.54 Å². The van der Waals surface area contributed by atoms with E-state index in [2.05, 4.69) is 11.4 Å². The van der Waals surface area contributed by atoms with E-state index in [4.69, 9.17) is 4.74 Å². The van der Waals surface area contributed by atoms with E-state index in [1.165, 1.54) is 0 Å². The third-order valence-corrected chi connectivity index (χ3v) is 3.10. The third kappa shape index (κ3) is 3.45. The summed E-state index contributed by atoms with van der Waals surface area (Å²) in [7, 11) is 3.59. The van der Waals surface area contributed by atoms with Crippen molar-refractivity contribution in [1.29, 1.82) is 0 Å². The van der Waals surface area contributed by atoms with Crippen molar-refractivity contribution in [2.24, 2.45) is 0 Å². The summed E-state index contributed by atoms with van der Waals surface area (Å²) in [4.78, 5) is 11.1. The van der Waals surface area contributed by atoms with Gasteiger partial charge in [-0.05, 0) is 24.7 Å². The average molecular weight is 258 g/mol. The first kappa shape index (κ1) is 13.4. The molecule has 0 aliphatic rings. The number of methoxy groups -OCH3 is 1. The van der Waals surface area contributed by atoms with Gasteiger partial charge >= 0.3 is 0 Å². The number of benzene rings is 1. The maximum Gasteiger partial charge on any atom is 0.181 e. The van der Waals surface area contributed by atoms with E-state index in [-0.39, 0.29) is 11.5 Å². The zero-order chi connectivity index (χ0) is 13.7. The first-order valence-electron chi connectivity index (χ1n) is 6.20. The number of nitrogens with one attached hydrogen (secondary N) is 1. The van der Waals surface area contributed by atoms with Crippen molar-refractivity contribution < 1.29 is 4.74 Å². The number of rotatable bonds is 5. The van der Waals surface area contributed by atoms with E-state index in [0.717, 1.165) is 17.9 Å². The molecule has 4 nitrogen and oxygen atoms in total. The van der Waals surface area contributed by atoms with Crippen LogP contribution in [0.15, 0.2) is 53.6 Å². The highest BCUT2D eigenvalue weighted by Crippen LogP contribution is 2.20. The maximum atomic E-state index is 11.1. The van der Waals surface area contributed by atoms with Gasteiger partial charge in [-0.2, -0.15) is 0 Å². The van der Waals surface area contributed by atoms with Crippen molar-refractivity contribution >= 4 is 0 Å². The Morgan fingerprint density at radius 1 is 1.26 bits per heavy atom. The van der Waals surface area contributed by atoms with Gasteiger partial charge in [0.2, 0.25) is 0 Å². The Morgan fingerprint density at radius 2 is 2.00 bits per heavy atom. The predicted octanol–water partition coefficient (Wildman–Crippen LogP) is 1.82. The lowest BCUT2D eigenvalue weighted by molar-refractivity contribution is 0.412. The Morgan fingerprint density at radius 3 is 2.63 bits per heavy atom. The monoisotopic (exact) mass is 258 g/mol. The van der Waals surface area contributed by atoms with Crippen molar-refractivity contribution in [3.8, 4) is 5.75 Å². The number of ether oxygens (including phenoxy) is 1. The molecule has 0 fully saturated rings. The molecule has 1 aromatic carbocycles. The lowest BCUT2D eigenvalue weighted by Crippen LogP contribution is -2.22. The first-order chi connectivity index (χ1) is 9.22. The second-order valence-electron chi connectivity index (χ2n) is 4.35. The largest absolute Gasteiger partial charge is 0.497 e. The fourth-order valence-electron chi connectivity index (χ4n) is 2.00. The van der Waals surface area contributed by atoms with Crippen molar-refractivity contribution in [2.75, 3.05) is 14.2 Å². The maximum absolute atomic E-state index is 11.1. The molecular weight excluding hydrogens is 240 g/mol. The quantitative estimate of drug-likeness (QED) is 0.889. The Bertz CT molecular complexity index is 572. The van der Waals surface area contributed by atoms with Crippen molar-refractivity contribution in [2.45, 2.75) is 12.6 Å². The topological polar surface area (TPSA) is 43.3 Å². The van der Waals surface area contributed by atoms with Crippen LogP contribution >= 0.6 is 0 Å². The molecule has 2 rings (SSSR count). The number of nitrogens with zero attached hydrogens (tertiary/aromatic N) is 1. The van der Waals surface area contributed by atoms with Gasteiger partial charge in [0, 0.05) is 31.1 Å². The van der Waals surface area contributed by atoms with Gasteiger partial charge in [-0.25, -0.2) is 0 Å². The van der Waals surface area contributed by atoms with Crippen LogP contribution < -0.4 is 15.5 Å². The highest BCUT2D eigenvalue weighted by Gasteiger charge is 2.10. The molecule has 1 aromatic heterocycles. The highest BCUT2D eigenvalue weighted by atomic mass is 16.5. The zero-order valence-corrected chi connectivity index (χ0v) is 11.2. The van der Waals surface area contributed by atoms with Crippen molar-refractivity contribution in [3.05, 3.63) is 64.6 Å². The van der Waals surface area contributed by atoms with E-state index < -0.39 is 0 Å². The number of hydrogen-bond acceptors (Lipinski definition) is 3. The van der Waals surface area contributed by atoms with Crippen LogP contribution in [0.25, 0.3) is 0 Å². The lowest BCUT2D eigenvalue weighted by Gasteiger charge is -2.19. The number of hydrogen-bond donors (Lipinski definition) is 1. The SMILES string of the molecule is CNC(Cn1ccc(=O)cc1)c1cccc(OC)c1. The molecule has 0 radical (unpaired) electrons. The molecule has 1 heterocycles. The van der Waals surface area contributed by atoms with Crippen LogP contribution in [0, 0.1) is 0 Å². The standard InChI is InChI=1S/C15H18N2O2/c1-16-15(11-17-8-6-13(18)7-9-17)12-4-3-5-14(10-12)19-2/h3-10,15-16H,11H2,1-2H3. The first-order valence-corrected chi connectivity index (χ1v) is 6.20. The van der Waals surface area contributed by atoms with Gasteiger partial charge in [0.25, 0.3) is 0 Å². The molecule has 19 heavy (non-hydrogen) atoms. The fraction of sp³-hybridized carbons (Fsp3) is 0.267. The van der Waals surface area contributed by atoms with E-state index in [1.807, 2.05) is 29.8 Å². The van der Waals surface area contributed by atoms with E-state index >= 15 is 0 Å². The van der Waals surface area contributed by atoms with Gasteiger partial charge in [-0.15, -0.1) is 0 Å². The summed E-state index contributed by atoms with van der Waals surface area (Å²) in [5.41, 5.74) is 1.18. The molecule has 0 amide bonds. The molecule has 1 atom stereocenters. The molecule has 100 valence electrons. The third-order valence-electron chi connectivity index (χ3n) is 3.10. The molecule has 1 N–H and O–H groups in total. The summed E-state index contributed by atoms with van der Waals surface area (Å²) in [6, 6.07) is 11.3. The van der Waals surface area contributed by atoms with E-state index in [9.17, 15) is 4.79 Å². The Kier molecular flexibility index (Phi) is 4.36. The highest BCUT2D eigenvalue weighted by molar-refractivity contribution is 5.30. The number of pyridine rings is 1. The van der Waals surface area contributed by atoms with Gasteiger partial charge < -0.3 is 14.6 Å². The van der Waals surface area contributed by atoms with Gasteiger partial charge in [0.15, 0.2) is 5.43 Å². The number of aromatic nitrogens is 1. The minimum atomic E-state index is 0.0265. The molecule has 0 aliphatic heterocycles. The van der Waals surface area contributed by atoms with Gasteiger partial charge in [-0.1, -0.05) is 12.1 Å². The molecule has 0 saturated heterocycles. The molecule has 0 spiro atoms. The Balaban J connectivity index is 2.19. The summed E-state index contributed by atoms with van der Waals surface area (Å²) in [6.07, 6.45) is 3.60. The lowest BCUT2D eigenvalue weighted by atomic mass is 10.1. The summed E-state index contributed by atoms with van der Waals surface area (Å²) < 4.78 is 7.23. The Labute approximate surface area is 112 Å². The van der Waals surface area contributed by atoms with Gasteiger partial charge in [0.05, 0.1) is 13.2 Å². The second-order valence-corrected chi connectivity index (χ2v) is 4.35. The Hall–Kier alpha value is -2.07. The van der Waals surface area contributed by atoms with Crippen LogP contribution in [0.3, 0.4) is 0 Å². The van der Waals surface area contributed by atoms with Crippen LogP contribution in [-0.4, -0.2) is 18.7 Å². The summed E-state index contributed by atoms with van der Waals surface area (Å²) in [6.45, 7) is 0.754. The van der Waals surface area contributed by atoms with Gasteiger partial charge in [0.1, 0.15) is 5.75 Å². The second kappa shape index (κ2) is 6.20. The van der Waals surface area contributed by atoms with Crippen molar-refractivity contribution in [3.63, 3.8) is 0 Å². The summed E-state index contributed by atoms with van der Waals surface area (Å²) in [5, 5.41) is 3.28. The molecule has 1 unspecified atom stereocenters. The van der Waals surface area contributed by atoms with Gasteiger partial charge in [-0.3, -0.25) is 4.79 Å². The molecule has 0 saturated carbocycles. The smallest absolute Gasteiger partial charge is 0.181 e. The summed E-state index contributed by atoms with van der Waals surface area (Å²) >= 11 is 0. The van der Waals surface area contributed by atoms with E-state index in [0.29, 0.717) is 0 Å². The van der Waals surface area contributed by atoms with Crippen LogP contribution in [0.5, 0.6) is 5.75 Å². The number of likely N-dealkylation sites (N-methyl/N-ethyl adjacent to an activating group) is 1. The molecular formula is C15H18N2O2. The predicted molar refractivity (Wildman–Crippen MR) is 75.5 cm³/mol. The zero-order valence-electron chi connectivity index (χ0n) is 11.2. The molecule has 0 aliphatic carbocycles. The van der Waals surface area contributed by atoms with E-state index in [1.54, 1.807) is 31.6 Å². The van der Waals surface area contributed by atoms with Crippen LogP contribution in [0.4, 0.5) is 0 Å². The minimum Gasteiger partial charge on any atom is -0.497 e. The van der Waals surface area contributed by atoms with Crippen LogP contribution in [0.2, 0.25) is 0 Å². The minimum absolute atomic E-state index is 0.0265. The normalized spacial score (nSPS) is 12.1. The molecule has 4 heteroatoms.